The highest BCUT2D eigenvalue weighted by atomic mass is 19.1. The SMILES string of the molecule is Cc1ccc(C=CC(=O)c2ccc(F)c(C)c2)nn1. The maximum Gasteiger partial charge on any atom is 0.185 e. The summed E-state index contributed by atoms with van der Waals surface area (Å²) in [6, 6.07) is 7.89. The number of hydrogen-bond donors (Lipinski definition) is 0. The summed E-state index contributed by atoms with van der Waals surface area (Å²) >= 11 is 0. The minimum absolute atomic E-state index is 0.189. The second-order valence-electron chi connectivity index (χ2n) is 4.26. The van der Waals surface area contributed by atoms with E-state index in [-0.39, 0.29) is 11.6 Å². The van der Waals surface area contributed by atoms with Crippen molar-refractivity contribution in [1.82, 2.24) is 10.2 Å². The van der Waals surface area contributed by atoms with Crippen LogP contribution in [0.1, 0.15) is 27.3 Å². The Morgan fingerprint density at radius 1 is 1.16 bits per heavy atom. The van der Waals surface area contributed by atoms with Gasteiger partial charge < -0.3 is 0 Å². The fraction of sp³-hybridized carbons (Fsp3) is 0.133. The predicted molar refractivity (Wildman–Crippen MR) is 71.3 cm³/mol. The van der Waals surface area contributed by atoms with Crippen molar-refractivity contribution >= 4 is 11.9 Å². The largest absolute Gasteiger partial charge is 0.289 e. The molecule has 2 rings (SSSR count). The highest BCUT2D eigenvalue weighted by Gasteiger charge is 2.04. The molecular formula is C15H13FN2O. The van der Waals surface area contributed by atoms with Crippen LogP contribution >= 0.6 is 0 Å². The van der Waals surface area contributed by atoms with Crippen molar-refractivity contribution < 1.29 is 9.18 Å². The number of carbonyl (C=O) groups excluding carboxylic acids is 1. The lowest BCUT2D eigenvalue weighted by Gasteiger charge is -1.99. The molecule has 1 aromatic carbocycles. The summed E-state index contributed by atoms with van der Waals surface area (Å²) in [5, 5.41) is 7.82. The van der Waals surface area contributed by atoms with Crippen molar-refractivity contribution in [1.29, 1.82) is 0 Å². The van der Waals surface area contributed by atoms with Crippen LogP contribution in [0.2, 0.25) is 0 Å². The first-order valence-electron chi connectivity index (χ1n) is 5.85. The van der Waals surface area contributed by atoms with Gasteiger partial charge in [0.25, 0.3) is 0 Å². The average Bonchev–Trinajstić information content (AvgIpc) is 2.41. The summed E-state index contributed by atoms with van der Waals surface area (Å²) in [6.45, 7) is 3.47. The highest BCUT2D eigenvalue weighted by Crippen LogP contribution is 2.11. The molecule has 1 heterocycles. The van der Waals surface area contributed by atoms with Crippen molar-refractivity contribution in [3.8, 4) is 0 Å². The van der Waals surface area contributed by atoms with Crippen LogP contribution in [-0.4, -0.2) is 16.0 Å². The van der Waals surface area contributed by atoms with Crippen LogP contribution in [0.5, 0.6) is 0 Å². The fourth-order valence-corrected chi connectivity index (χ4v) is 1.55. The van der Waals surface area contributed by atoms with Crippen LogP contribution in [0, 0.1) is 19.7 Å². The van der Waals surface area contributed by atoms with E-state index in [2.05, 4.69) is 10.2 Å². The van der Waals surface area contributed by atoms with Crippen molar-refractivity contribution in [2.45, 2.75) is 13.8 Å². The molecule has 0 fully saturated rings. The van der Waals surface area contributed by atoms with Crippen LogP contribution in [0.25, 0.3) is 6.08 Å². The second kappa shape index (κ2) is 5.52. The van der Waals surface area contributed by atoms with Gasteiger partial charge in [-0.05, 0) is 61.9 Å². The third-order valence-electron chi connectivity index (χ3n) is 2.67. The van der Waals surface area contributed by atoms with Crippen molar-refractivity contribution in [2.24, 2.45) is 0 Å². The second-order valence-corrected chi connectivity index (χ2v) is 4.26. The zero-order valence-corrected chi connectivity index (χ0v) is 10.7. The first kappa shape index (κ1) is 13.1. The Morgan fingerprint density at radius 3 is 2.58 bits per heavy atom. The van der Waals surface area contributed by atoms with Gasteiger partial charge in [0.05, 0.1) is 11.4 Å². The van der Waals surface area contributed by atoms with E-state index >= 15 is 0 Å². The lowest BCUT2D eigenvalue weighted by Crippen LogP contribution is -1.96. The van der Waals surface area contributed by atoms with Crippen molar-refractivity contribution in [2.75, 3.05) is 0 Å². The quantitative estimate of drug-likeness (QED) is 0.626. The first-order valence-corrected chi connectivity index (χ1v) is 5.85. The molecule has 0 amide bonds. The van der Waals surface area contributed by atoms with Gasteiger partial charge >= 0.3 is 0 Å². The fourth-order valence-electron chi connectivity index (χ4n) is 1.55. The minimum Gasteiger partial charge on any atom is -0.289 e. The van der Waals surface area contributed by atoms with Gasteiger partial charge in [-0.15, -0.1) is 0 Å². The molecule has 2 aromatic rings. The van der Waals surface area contributed by atoms with Gasteiger partial charge in [0.1, 0.15) is 5.82 Å². The normalized spacial score (nSPS) is 10.9. The van der Waals surface area contributed by atoms with Gasteiger partial charge in [0.2, 0.25) is 0 Å². The molecule has 4 heteroatoms. The number of rotatable bonds is 3. The number of aromatic nitrogens is 2. The van der Waals surface area contributed by atoms with Gasteiger partial charge in [-0.2, -0.15) is 10.2 Å². The summed E-state index contributed by atoms with van der Waals surface area (Å²) in [6.07, 6.45) is 3.00. The molecule has 96 valence electrons. The maximum absolute atomic E-state index is 13.1. The van der Waals surface area contributed by atoms with E-state index in [0.29, 0.717) is 16.8 Å². The number of aryl methyl sites for hydroxylation is 2. The maximum atomic E-state index is 13.1. The molecule has 0 saturated heterocycles. The molecule has 0 radical (unpaired) electrons. The number of allylic oxidation sites excluding steroid dienone is 1. The van der Waals surface area contributed by atoms with Crippen LogP contribution < -0.4 is 0 Å². The first-order chi connectivity index (χ1) is 9.06. The van der Waals surface area contributed by atoms with Crippen LogP contribution in [0.3, 0.4) is 0 Å². The van der Waals surface area contributed by atoms with E-state index in [1.54, 1.807) is 19.1 Å². The Morgan fingerprint density at radius 2 is 1.95 bits per heavy atom. The smallest absolute Gasteiger partial charge is 0.185 e. The van der Waals surface area contributed by atoms with Crippen LogP contribution in [0.4, 0.5) is 4.39 Å². The van der Waals surface area contributed by atoms with Gasteiger partial charge in [0, 0.05) is 5.56 Å². The Bertz CT molecular complexity index is 633. The van der Waals surface area contributed by atoms with E-state index in [9.17, 15) is 9.18 Å². The molecular weight excluding hydrogens is 243 g/mol. The van der Waals surface area contributed by atoms with Crippen LogP contribution in [0.15, 0.2) is 36.4 Å². The lowest BCUT2D eigenvalue weighted by molar-refractivity contribution is 0.104. The Hall–Kier alpha value is -2.36. The zero-order valence-electron chi connectivity index (χ0n) is 10.7. The molecule has 19 heavy (non-hydrogen) atoms. The van der Waals surface area contributed by atoms with E-state index in [0.717, 1.165) is 5.69 Å². The Balaban J connectivity index is 2.16. The van der Waals surface area contributed by atoms with E-state index in [1.165, 1.54) is 24.3 Å². The number of hydrogen-bond acceptors (Lipinski definition) is 3. The predicted octanol–water partition coefficient (Wildman–Crippen LogP) is 3.13. The third kappa shape index (κ3) is 3.31. The van der Waals surface area contributed by atoms with E-state index in [4.69, 9.17) is 0 Å². The third-order valence-corrected chi connectivity index (χ3v) is 2.67. The van der Waals surface area contributed by atoms with E-state index < -0.39 is 0 Å². The van der Waals surface area contributed by atoms with Crippen LogP contribution in [-0.2, 0) is 0 Å². The number of nitrogens with zero attached hydrogens (tertiary/aromatic N) is 2. The highest BCUT2D eigenvalue weighted by molar-refractivity contribution is 6.06. The van der Waals surface area contributed by atoms with Gasteiger partial charge in [0.15, 0.2) is 5.78 Å². The van der Waals surface area contributed by atoms with Gasteiger partial charge in [-0.3, -0.25) is 4.79 Å². The lowest BCUT2D eigenvalue weighted by atomic mass is 10.1. The zero-order chi connectivity index (χ0) is 13.8. The summed E-state index contributed by atoms with van der Waals surface area (Å²) in [5.74, 6) is -0.504. The molecule has 0 bridgehead atoms. The monoisotopic (exact) mass is 256 g/mol. The van der Waals surface area contributed by atoms with Gasteiger partial charge in [-0.25, -0.2) is 4.39 Å². The molecule has 0 aliphatic rings. The van der Waals surface area contributed by atoms with Crippen molar-refractivity contribution in [3.63, 3.8) is 0 Å². The molecule has 0 aliphatic heterocycles. The van der Waals surface area contributed by atoms with Gasteiger partial charge in [-0.1, -0.05) is 0 Å². The molecule has 0 saturated carbocycles. The molecule has 0 spiro atoms. The summed E-state index contributed by atoms with van der Waals surface area (Å²) < 4.78 is 13.1. The molecule has 0 N–H and O–H groups in total. The summed E-state index contributed by atoms with van der Waals surface area (Å²) in [7, 11) is 0. The van der Waals surface area contributed by atoms with E-state index in [1.807, 2.05) is 13.0 Å². The molecule has 0 atom stereocenters. The molecule has 0 aliphatic carbocycles. The number of carbonyl (C=O) groups is 1. The number of ketones is 1. The average molecular weight is 256 g/mol. The minimum atomic E-state index is -0.315. The number of halogens is 1. The molecule has 0 unspecified atom stereocenters. The Kier molecular flexibility index (Phi) is 3.80. The summed E-state index contributed by atoms with van der Waals surface area (Å²) in [5.41, 5.74) is 2.33. The molecule has 1 aromatic heterocycles. The summed E-state index contributed by atoms with van der Waals surface area (Å²) in [4.78, 5) is 11.9. The number of benzene rings is 1. The Labute approximate surface area is 110 Å². The topological polar surface area (TPSA) is 42.9 Å². The molecule has 3 nitrogen and oxygen atoms in total. The standard InChI is InChI=1S/C15H13FN2O/c1-10-9-12(4-7-14(10)16)15(19)8-6-13-5-3-11(2)17-18-13/h3-9H,1-2H3. The van der Waals surface area contributed by atoms with Crippen molar-refractivity contribution in [3.05, 3.63) is 64.7 Å².